The van der Waals surface area contributed by atoms with Gasteiger partial charge in [0, 0.05) is 51.5 Å². The number of nitrogens with zero attached hydrogens (tertiary/aromatic N) is 2. The number of aliphatic hydroxyl groups excluding tert-OH is 1. The molecular weight excluding hydrogens is 580 g/mol. The van der Waals surface area contributed by atoms with Crippen LogP contribution in [0, 0.1) is 11.8 Å². The lowest BCUT2D eigenvalue weighted by atomic mass is 9.79. The van der Waals surface area contributed by atoms with Crippen LogP contribution in [0.3, 0.4) is 0 Å². The standard InChI is InChI=1S/C37H50N4O5/c1-2-3-18-41-35(44)32(33(42)30-14-21-46-22-15-30)39-36(45)37(41)16-19-40(20-17-37)25-29-8-4-26(5-9-29)23-27-10-12-31(13-11-27)34(43)38-24-28-6-7-28/h4-5,8-13,28,30,32-33,42H,2-3,6-7,14-25H2,1H3,(H,38,43)(H,39,45)/t32-,33-/m1/s1. The summed E-state index contributed by atoms with van der Waals surface area (Å²) in [6.45, 7) is 6.80. The minimum atomic E-state index is -0.896. The summed E-state index contributed by atoms with van der Waals surface area (Å²) in [6, 6.07) is 15.7. The molecule has 2 aromatic rings. The van der Waals surface area contributed by atoms with Crippen LogP contribution in [0.25, 0.3) is 0 Å². The molecule has 3 amide bonds. The second kappa shape index (κ2) is 14.7. The van der Waals surface area contributed by atoms with Crippen LogP contribution in [0.1, 0.15) is 85.3 Å². The van der Waals surface area contributed by atoms with Gasteiger partial charge in [-0.3, -0.25) is 19.3 Å². The van der Waals surface area contributed by atoms with Gasteiger partial charge in [0.2, 0.25) is 11.8 Å². The molecule has 6 rings (SSSR count). The smallest absolute Gasteiger partial charge is 0.251 e. The third kappa shape index (κ3) is 7.48. The SMILES string of the molecule is CCCCN1C(=O)[C@@H]([C@H](O)C2CCOCC2)NC(=O)C12CCN(Cc1ccc(Cc3ccc(C(=O)NCC4CC4)cc3)cc1)CC2. The molecule has 1 saturated carbocycles. The normalized spacial score (nSPS) is 22.9. The van der Waals surface area contributed by atoms with Crippen molar-refractivity contribution in [2.75, 3.05) is 39.4 Å². The van der Waals surface area contributed by atoms with Gasteiger partial charge in [-0.1, -0.05) is 49.7 Å². The second-order valence-corrected chi connectivity index (χ2v) is 13.9. The lowest BCUT2D eigenvalue weighted by Crippen LogP contribution is -2.75. The summed E-state index contributed by atoms with van der Waals surface area (Å²) < 4.78 is 5.45. The molecule has 3 aliphatic heterocycles. The lowest BCUT2D eigenvalue weighted by Gasteiger charge is -2.52. The minimum Gasteiger partial charge on any atom is -0.390 e. The van der Waals surface area contributed by atoms with Gasteiger partial charge < -0.3 is 25.4 Å². The topological polar surface area (TPSA) is 111 Å². The number of ether oxygens (including phenoxy) is 1. The van der Waals surface area contributed by atoms with Crippen molar-refractivity contribution in [3.05, 3.63) is 70.8 Å². The van der Waals surface area contributed by atoms with E-state index in [0.717, 1.165) is 45.4 Å². The van der Waals surface area contributed by atoms with Gasteiger partial charge >= 0.3 is 0 Å². The first-order valence-corrected chi connectivity index (χ1v) is 17.4. The molecule has 0 unspecified atom stereocenters. The Bertz CT molecular complexity index is 1340. The number of piperidine rings is 1. The number of nitrogens with one attached hydrogen (secondary N) is 2. The Balaban J connectivity index is 1.03. The summed E-state index contributed by atoms with van der Waals surface area (Å²) in [5.74, 6) is 0.370. The molecule has 2 atom stereocenters. The van der Waals surface area contributed by atoms with Crippen molar-refractivity contribution in [2.45, 2.75) is 88.9 Å². The van der Waals surface area contributed by atoms with Crippen molar-refractivity contribution in [1.82, 2.24) is 20.4 Å². The summed E-state index contributed by atoms with van der Waals surface area (Å²) in [5, 5.41) is 17.2. The van der Waals surface area contributed by atoms with Gasteiger partial charge in [0.15, 0.2) is 0 Å². The monoisotopic (exact) mass is 630 g/mol. The van der Waals surface area contributed by atoms with E-state index in [1.807, 2.05) is 29.2 Å². The summed E-state index contributed by atoms with van der Waals surface area (Å²) in [4.78, 5) is 44.2. The van der Waals surface area contributed by atoms with E-state index in [0.29, 0.717) is 56.9 Å². The highest BCUT2D eigenvalue weighted by atomic mass is 16.5. The molecule has 3 heterocycles. The third-order valence-electron chi connectivity index (χ3n) is 10.6. The van der Waals surface area contributed by atoms with Crippen molar-refractivity contribution in [1.29, 1.82) is 0 Å². The Morgan fingerprint density at radius 1 is 0.978 bits per heavy atom. The first-order valence-electron chi connectivity index (χ1n) is 17.4. The maximum atomic E-state index is 13.9. The predicted molar refractivity (Wildman–Crippen MR) is 176 cm³/mol. The van der Waals surface area contributed by atoms with Gasteiger partial charge in [0.1, 0.15) is 11.6 Å². The number of hydrogen-bond acceptors (Lipinski definition) is 6. The van der Waals surface area contributed by atoms with Crippen LogP contribution < -0.4 is 10.6 Å². The number of unbranched alkanes of at least 4 members (excludes halogenated alkanes) is 1. The quantitative estimate of drug-likeness (QED) is 0.330. The van der Waals surface area contributed by atoms with Crippen molar-refractivity contribution in [2.24, 2.45) is 11.8 Å². The molecule has 46 heavy (non-hydrogen) atoms. The van der Waals surface area contributed by atoms with Crippen LogP contribution in [0.5, 0.6) is 0 Å². The van der Waals surface area contributed by atoms with E-state index in [9.17, 15) is 19.5 Å². The van der Waals surface area contributed by atoms with E-state index >= 15 is 0 Å². The van der Waals surface area contributed by atoms with Crippen molar-refractivity contribution in [3.8, 4) is 0 Å². The van der Waals surface area contributed by atoms with Crippen LogP contribution in [-0.4, -0.2) is 89.7 Å². The molecule has 9 nitrogen and oxygen atoms in total. The van der Waals surface area contributed by atoms with Crippen LogP contribution in [0.4, 0.5) is 0 Å². The summed E-state index contributed by atoms with van der Waals surface area (Å²) in [7, 11) is 0. The van der Waals surface area contributed by atoms with E-state index in [-0.39, 0.29) is 23.6 Å². The van der Waals surface area contributed by atoms with E-state index in [1.165, 1.54) is 29.5 Å². The van der Waals surface area contributed by atoms with Crippen molar-refractivity contribution < 1.29 is 24.2 Å². The number of aliphatic hydroxyl groups is 1. The van der Waals surface area contributed by atoms with Crippen molar-refractivity contribution >= 4 is 17.7 Å². The van der Waals surface area contributed by atoms with Crippen LogP contribution in [0.2, 0.25) is 0 Å². The molecule has 4 aliphatic rings. The van der Waals surface area contributed by atoms with E-state index in [4.69, 9.17) is 4.74 Å². The maximum Gasteiger partial charge on any atom is 0.251 e. The fraction of sp³-hybridized carbons (Fsp3) is 0.595. The van der Waals surface area contributed by atoms with Crippen LogP contribution in [-0.2, 0) is 27.3 Å². The molecule has 2 aromatic carbocycles. The highest BCUT2D eigenvalue weighted by Crippen LogP contribution is 2.36. The summed E-state index contributed by atoms with van der Waals surface area (Å²) in [6.07, 6.45) is 6.68. The molecule has 0 radical (unpaired) electrons. The first kappa shape index (κ1) is 32.7. The first-order chi connectivity index (χ1) is 22.4. The number of likely N-dealkylation sites (tertiary alicyclic amines) is 1. The molecule has 0 aromatic heterocycles. The van der Waals surface area contributed by atoms with E-state index in [1.54, 1.807) is 0 Å². The zero-order valence-electron chi connectivity index (χ0n) is 27.2. The average molecular weight is 631 g/mol. The van der Waals surface area contributed by atoms with Gasteiger partial charge in [0.05, 0.1) is 6.10 Å². The van der Waals surface area contributed by atoms with E-state index < -0.39 is 17.7 Å². The predicted octanol–water partition coefficient (Wildman–Crippen LogP) is 3.67. The van der Waals surface area contributed by atoms with Crippen LogP contribution in [0.15, 0.2) is 48.5 Å². The fourth-order valence-electron chi connectivity index (χ4n) is 7.31. The van der Waals surface area contributed by atoms with Gasteiger partial charge in [-0.25, -0.2) is 0 Å². The highest BCUT2D eigenvalue weighted by molar-refractivity contribution is 6.00. The van der Waals surface area contributed by atoms with Gasteiger partial charge in [0.25, 0.3) is 5.91 Å². The third-order valence-corrected chi connectivity index (χ3v) is 10.6. The average Bonchev–Trinajstić information content (AvgIpc) is 3.92. The molecule has 1 aliphatic carbocycles. The molecule has 3 N–H and O–H groups in total. The molecule has 3 saturated heterocycles. The number of carbonyl (C=O) groups excluding carboxylic acids is 3. The highest BCUT2D eigenvalue weighted by Gasteiger charge is 2.55. The molecular formula is C37H50N4O5. The number of rotatable bonds is 12. The number of benzene rings is 2. The Kier molecular flexibility index (Phi) is 10.4. The zero-order chi connectivity index (χ0) is 32.1. The number of hydrogen-bond donors (Lipinski definition) is 3. The lowest BCUT2D eigenvalue weighted by molar-refractivity contribution is -0.166. The maximum absolute atomic E-state index is 13.9. The largest absolute Gasteiger partial charge is 0.390 e. The zero-order valence-corrected chi connectivity index (χ0v) is 27.2. The molecule has 9 heteroatoms. The summed E-state index contributed by atoms with van der Waals surface area (Å²) in [5.41, 5.74) is 3.46. The van der Waals surface area contributed by atoms with Crippen molar-refractivity contribution in [3.63, 3.8) is 0 Å². The molecule has 4 fully saturated rings. The Labute approximate surface area is 273 Å². The second-order valence-electron chi connectivity index (χ2n) is 13.9. The summed E-state index contributed by atoms with van der Waals surface area (Å²) >= 11 is 0. The number of piperazine rings is 1. The Hall–Kier alpha value is -3.27. The Morgan fingerprint density at radius 3 is 2.24 bits per heavy atom. The fourth-order valence-corrected chi connectivity index (χ4v) is 7.31. The number of amides is 3. The van der Waals surface area contributed by atoms with E-state index in [2.05, 4.69) is 46.7 Å². The minimum absolute atomic E-state index is 0.00406. The molecule has 1 spiro atoms. The van der Waals surface area contributed by atoms with Gasteiger partial charge in [-0.2, -0.15) is 0 Å². The van der Waals surface area contributed by atoms with Crippen LogP contribution >= 0.6 is 0 Å². The van der Waals surface area contributed by atoms with Gasteiger partial charge in [-0.05, 0) is 92.0 Å². The molecule has 0 bridgehead atoms. The Morgan fingerprint density at radius 2 is 1.61 bits per heavy atom. The number of carbonyl (C=O) groups is 3. The van der Waals surface area contributed by atoms with Gasteiger partial charge in [-0.15, -0.1) is 0 Å². The molecule has 248 valence electrons.